The summed E-state index contributed by atoms with van der Waals surface area (Å²) in [6.45, 7) is 3.29. The summed E-state index contributed by atoms with van der Waals surface area (Å²) in [7, 11) is 0. The third-order valence-electron chi connectivity index (χ3n) is 3.09. The summed E-state index contributed by atoms with van der Waals surface area (Å²) in [6.07, 6.45) is 0.455. The Morgan fingerprint density at radius 1 is 1.37 bits per heavy atom. The minimum absolute atomic E-state index is 0.00267. The molecule has 1 unspecified atom stereocenters. The topological polar surface area (TPSA) is 58.6 Å². The van der Waals surface area contributed by atoms with Crippen molar-refractivity contribution >= 4 is 12.0 Å². The van der Waals surface area contributed by atoms with Crippen LogP contribution < -0.4 is 5.32 Å². The number of amides is 2. The first-order valence-electron chi connectivity index (χ1n) is 6.48. The number of carbonyl (C=O) groups is 2. The molecule has 0 spiro atoms. The van der Waals surface area contributed by atoms with Crippen LogP contribution in [0.2, 0.25) is 0 Å². The minimum atomic E-state index is -0.307. The quantitative estimate of drug-likeness (QED) is 0.901. The van der Waals surface area contributed by atoms with Gasteiger partial charge in [-0.05, 0) is 25.5 Å². The van der Waals surface area contributed by atoms with E-state index in [0.717, 1.165) is 6.42 Å². The van der Waals surface area contributed by atoms with Gasteiger partial charge in [-0.1, -0.05) is 18.2 Å². The highest BCUT2D eigenvalue weighted by atomic mass is 16.6. The van der Waals surface area contributed by atoms with Crippen molar-refractivity contribution in [3.63, 3.8) is 0 Å². The fourth-order valence-electron chi connectivity index (χ4n) is 2.12. The molecule has 1 heterocycles. The summed E-state index contributed by atoms with van der Waals surface area (Å²) in [5.74, 6) is -0.101. The van der Waals surface area contributed by atoms with Gasteiger partial charge in [-0.25, -0.2) is 4.79 Å². The average Bonchev–Trinajstić information content (AvgIpc) is 2.88. The van der Waals surface area contributed by atoms with E-state index < -0.39 is 0 Å². The predicted octanol–water partition coefficient (Wildman–Crippen LogP) is 1.65. The molecule has 5 heteroatoms. The van der Waals surface area contributed by atoms with Gasteiger partial charge in [0.15, 0.2) is 0 Å². The number of carbonyl (C=O) groups excluding carboxylic acids is 2. The molecule has 1 aliphatic rings. The van der Waals surface area contributed by atoms with Crippen LogP contribution in [0.4, 0.5) is 4.79 Å². The highest BCUT2D eigenvalue weighted by Crippen LogP contribution is 2.11. The van der Waals surface area contributed by atoms with E-state index in [1.165, 1.54) is 0 Å². The molecule has 0 bridgehead atoms. The molecule has 102 valence electrons. The maximum absolute atomic E-state index is 12.0. The lowest BCUT2D eigenvalue weighted by Gasteiger charge is -2.16. The first kappa shape index (κ1) is 13.4. The lowest BCUT2D eigenvalue weighted by molar-refractivity contribution is 0.0930. The number of nitrogens with one attached hydrogen (secondary N) is 1. The fraction of sp³-hybridized carbons (Fsp3) is 0.429. The Bertz CT molecular complexity index is 447. The van der Waals surface area contributed by atoms with Crippen LogP contribution in [0.5, 0.6) is 0 Å². The van der Waals surface area contributed by atoms with Crippen LogP contribution in [-0.2, 0) is 4.74 Å². The number of ether oxygens (including phenoxy) is 1. The lowest BCUT2D eigenvalue weighted by Crippen LogP contribution is -2.38. The van der Waals surface area contributed by atoms with E-state index in [1.807, 2.05) is 18.2 Å². The van der Waals surface area contributed by atoms with Gasteiger partial charge < -0.3 is 15.0 Å². The number of hydrogen-bond donors (Lipinski definition) is 1. The number of benzene rings is 1. The molecule has 2 amide bonds. The summed E-state index contributed by atoms with van der Waals surface area (Å²) >= 11 is 0. The van der Waals surface area contributed by atoms with Gasteiger partial charge in [0, 0.05) is 24.7 Å². The van der Waals surface area contributed by atoms with Crippen LogP contribution >= 0.6 is 0 Å². The molecule has 1 fully saturated rings. The minimum Gasteiger partial charge on any atom is -0.450 e. The Labute approximate surface area is 112 Å². The van der Waals surface area contributed by atoms with E-state index in [0.29, 0.717) is 25.3 Å². The van der Waals surface area contributed by atoms with E-state index in [1.54, 1.807) is 24.0 Å². The highest BCUT2D eigenvalue weighted by molar-refractivity contribution is 5.94. The smallest absolute Gasteiger partial charge is 0.409 e. The summed E-state index contributed by atoms with van der Waals surface area (Å²) < 4.78 is 4.94. The van der Waals surface area contributed by atoms with Gasteiger partial charge in [-0.15, -0.1) is 0 Å². The highest BCUT2D eigenvalue weighted by Gasteiger charge is 2.28. The summed E-state index contributed by atoms with van der Waals surface area (Å²) in [5, 5.41) is 2.93. The van der Waals surface area contributed by atoms with Gasteiger partial charge >= 0.3 is 6.09 Å². The Morgan fingerprint density at radius 2 is 2.11 bits per heavy atom. The molecule has 1 aromatic carbocycles. The second kappa shape index (κ2) is 6.22. The van der Waals surface area contributed by atoms with Crippen LogP contribution in [0, 0.1) is 0 Å². The van der Waals surface area contributed by atoms with Gasteiger partial charge in [0.05, 0.1) is 6.61 Å². The average molecular weight is 262 g/mol. The molecule has 1 atom stereocenters. The number of nitrogens with zero attached hydrogens (tertiary/aromatic N) is 1. The molecular formula is C14H18N2O3. The van der Waals surface area contributed by atoms with E-state index in [4.69, 9.17) is 4.74 Å². The molecular weight excluding hydrogens is 244 g/mol. The van der Waals surface area contributed by atoms with Gasteiger partial charge in [-0.2, -0.15) is 0 Å². The van der Waals surface area contributed by atoms with E-state index in [9.17, 15) is 9.59 Å². The summed E-state index contributed by atoms with van der Waals surface area (Å²) in [6, 6.07) is 9.07. The Hall–Kier alpha value is -2.04. The second-order valence-corrected chi connectivity index (χ2v) is 4.47. The SMILES string of the molecule is CCOC(=O)N1CCC(NC(=O)c2ccccc2)C1. The van der Waals surface area contributed by atoms with Crippen molar-refractivity contribution in [2.24, 2.45) is 0 Å². The number of likely N-dealkylation sites (tertiary alicyclic amines) is 1. The molecule has 1 N–H and O–H groups in total. The van der Waals surface area contributed by atoms with E-state index in [2.05, 4.69) is 5.32 Å². The van der Waals surface area contributed by atoms with Crippen molar-refractivity contribution < 1.29 is 14.3 Å². The molecule has 19 heavy (non-hydrogen) atoms. The molecule has 5 nitrogen and oxygen atoms in total. The van der Waals surface area contributed by atoms with Crippen molar-refractivity contribution in [3.8, 4) is 0 Å². The largest absolute Gasteiger partial charge is 0.450 e. The third-order valence-corrected chi connectivity index (χ3v) is 3.09. The van der Waals surface area contributed by atoms with Crippen LogP contribution in [-0.4, -0.2) is 42.6 Å². The third kappa shape index (κ3) is 3.47. The van der Waals surface area contributed by atoms with Crippen molar-refractivity contribution in [2.75, 3.05) is 19.7 Å². The first-order chi connectivity index (χ1) is 9.20. The van der Waals surface area contributed by atoms with Crippen LogP contribution in [0.1, 0.15) is 23.7 Å². The van der Waals surface area contributed by atoms with Gasteiger partial charge in [0.2, 0.25) is 0 Å². The molecule has 0 aliphatic carbocycles. The number of rotatable bonds is 3. The first-order valence-corrected chi connectivity index (χ1v) is 6.48. The van der Waals surface area contributed by atoms with Crippen LogP contribution in [0.15, 0.2) is 30.3 Å². The maximum atomic E-state index is 12.0. The zero-order chi connectivity index (χ0) is 13.7. The van der Waals surface area contributed by atoms with Crippen molar-refractivity contribution in [2.45, 2.75) is 19.4 Å². The molecule has 2 rings (SSSR count). The second-order valence-electron chi connectivity index (χ2n) is 4.47. The van der Waals surface area contributed by atoms with E-state index >= 15 is 0 Å². The molecule has 1 aliphatic heterocycles. The Kier molecular flexibility index (Phi) is 4.39. The molecule has 0 aromatic heterocycles. The van der Waals surface area contributed by atoms with Gasteiger partial charge in [0.25, 0.3) is 5.91 Å². The molecule has 0 radical (unpaired) electrons. The predicted molar refractivity (Wildman–Crippen MR) is 70.9 cm³/mol. The van der Waals surface area contributed by atoms with Crippen molar-refractivity contribution in [1.29, 1.82) is 0 Å². The van der Waals surface area contributed by atoms with Crippen molar-refractivity contribution in [1.82, 2.24) is 10.2 Å². The molecule has 1 aromatic rings. The summed E-state index contributed by atoms with van der Waals surface area (Å²) in [4.78, 5) is 25.1. The van der Waals surface area contributed by atoms with E-state index in [-0.39, 0.29) is 18.0 Å². The van der Waals surface area contributed by atoms with Crippen molar-refractivity contribution in [3.05, 3.63) is 35.9 Å². The van der Waals surface area contributed by atoms with Crippen LogP contribution in [0.3, 0.4) is 0 Å². The lowest BCUT2D eigenvalue weighted by atomic mass is 10.2. The molecule has 1 saturated heterocycles. The van der Waals surface area contributed by atoms with Crippen LogP contribution in [0.25, 0.3) is 0 Å². The Balaban J connectivity index is 1.85. The zero-order valence-corrected chi connectivity index (χ0v) is 11.0. The fourth-order valence-corrected chi connectivity index (χ4v) is 2.12. The number of hydrogen-bond acceptors (Lipinski definition) is 3. The standard InChI is InChI=1S/C14H18N2O3/c1-2-19-14(18)16-9-8-12(10-16)15-13(17)11-6-4-3-5-7-11/h3-7,12H,2,8-10H2,1H3,(H,15,17). The zero-order valence-electron chi connectivity index (χ0n) is 11.0. The van der Waals surface area contributed by atoms with Gasteiger partial charge in [-0.3, -0.25) is 4.79 Å². The monoisotopic (exact) mass is 262 g/mol. The molecule has 0 saturated carbocycles. The maximum Gasteiger partial charge on any atom is 0.409 e. The Morgan fingerprint density at radius 3 is 2.79 bits per heavy atom. The summed E-state index contributed by atoms with van der Waals surface area (Å²) in [5.41, 5.74) is 0.636. The normalized spacial score (nSPS) is 18.2. The van der Waals surface area contributed by atoms with Gasteiger partial charge in [0.1, 0.15) is 0 Å².